The molecule has 0 saturated carbocycles. The third-order valence-electron chi connectivity index (χ3n) is 4.87. The minimum Gasteiger partial charge on any atom is -0.495 e. The summed E-state index contributed by atoms with van der Waals surface area (Å²) in [6, 6.07) is 3.77. The van der Waals surface area contributed by atoms with Gasteiger partial charge in [-0.2, -0.15) is 0 Å². The zero-order valence-corrected chi connectivity index (χ0v) is 17.2. The van der Waals surface area contributed by atoms with Crippen molar-refractivity contribution in [3.63, 3.8) is 0 Å². The molecule has 0 N–H and O–H groups in total. The summed E-state index contributed by atoms with van der Waals surface area (Å²) in [5.41, 5.74) is 0.825. The van der Waals surface area contributed by atoms with Gasteiger partial charge in [0.05, 0.1) is 20.5 Å². The van der Waals surface area contributed by atoms with Crippen LogP contribution in [0.4, 0.5) is 5.13 Å². The van der Waals surface area contributed by atoms with Gasteiger partial charge in [-0.25, -0.2) is 17.7 Å². The first kappa shape index (κ1) is 19.2. The highest BCUT2D eigenvalue weighted by Crippen LogP contribution is 2.40. The standard InChI is InChI=1S/C17H25N3O4S2/c1-19(26(4,21)22)11-12-7-9-20(10-8-12)17-18-15-13(23-2)5-6-14(24-3)16(15)25-17/h5-6,12H,7-11H2,1-4H3. The van der Waals surface area contributed by atoms with Crippen molar-refractivity contribution >= 4 is 36.7 Å². The Morgan fingerprint density at radius 3 is 2.42 bits per heavy atom. The first-order valence-corrected chi connectivity index (χ1v) is 11.2. The number of methoxy groups -OCH3 is 2. The van der Waals surface area contributed by atoms with E-state index in [9.17, 15) is 8.42 Å². The molecule has 1 saturated heterocycles. The van der Waals surface area contributed by atoms with Gasteiger partial charge in [-0.05, 0) is 30.9 Å². The van der Waals surface area contributed by atoms with Gasteiger partial charge in [0.25, 0.3) is 0 Å². The van der Waals surface area contributed by atoms with Crippen molar-refractivity contribution in [1.82, 2.24) is 9.29 Å². The lowest BCUT2D eigenvalue weighted by Gasteiger charge is -2.33. The van der Waals surface area contributed by atoms with Crippen molar-refractivity contribution in [2.45, 2.75) is 12.8 Å². The van der Waals surface area contributed by atoms with Crippen molar-refractivity contribution in [3.05, 3.63) is 12.1 Å². The van der Waals surface area contributed by atoms with Crippen LogP contribution in [0.15, 0.2) is 12.1 Å². The maximum Gasteiger partial charge on any atom is 0.210 e. The number of piperidine rings is 1. The predicted molar refractivity (Wildman–Crippen MR) is 105 cm³/mol. The second kappa shape index (κ2) is 7.58. The van der Waals surface area contributed by atoms with Crippen molar-refractivity contribution < 1.29 is 17.9 Å². The van der Waals surface area contributed by atoms with Crippen LogP contribution >= 0.6 is 11.3 Å². The van der Waals surface area contributed by atoms with Gasteiger partial charge < -0.3 is 14.4 Å². The van der Waals surface area contributed by atoms with Crippen molar-refractivity contribution in [1.29, 1.82) is 0 Å². The molecule has 1 aromatic carbocycles. The number of anilines is 1. The second-order valence-electron chi connectivity index (χ2n) is 6.62. The van der Waals surface area contributed by atoms with Crippen LogP contribution in [0.5, 0.6) is 11.5 Å². The highest BCUT2D eigenvalue weighted by molar-refractivity contribution is 7.88. The topological polar surface area (TPSA) is 72.0 Å². The van der Waals surface area contributed by atoms with E-state index < -0.39 is 10.0 Å². The fourth-order valence-electron chi connectivity index (χ4n) is 3.22. The van der Waals surface area contributed by atoms with Gasteiger partial charge in [0.1, 0.15) is 21.7 Å². The first-order valence-electron chi connectivity index (χ1n) is 8.51. The van der Waals surface area contributed by atoms with Crippen LogP contribution in [-0.2, 0) is 10.0 Å². The minimum absolute atomic E-state index is 0.379. The number of rotatable bonds is 6. The molecule has 1 aliphatic rings. The molecule has 0 amide bonds. The Morgan fingerprint density at radius 1 is 1.23 bits per heavy atom. The summed E-state index contributed by atoms with van der Waals surface area (Å²) < 4.78 is 36.5. The summed E-state index contributed by atoms with van der Waals surface area (Å²) in [6.07, 6.45) is 3.15. The Balaban J connectivity index is 1.73. The van der Waals surface area contributed by atoms with Gasteiger partial charge in [0, 0.05) is 26.7 Å². The molecule has 3 rings (SSSR count). The lowest BCUT2D eigenvalue weighted by atomic mass is 9.97. The zero-order chi connectivity index (χ0) is 18.9. The fraction of sp³-hybridized carbons (Fsp3) is 0.588. The van der Waals surface area contributed by atoms with Crippen molar-refractivity contribution in [3.8, 4) is 11.5 Å². The highest BCUT2D eigenvalue weighted by Gasteiger charge is 2.25. The molecule has 2 heterocycles. The van der Waals surface area contributed by atoms with Gasteiger partial charge in [-0.15, -0.1) is 0 Å². The molecule has 0 radical (unpaired) electrons. The molecule has 9 heteroatoms. The van der Waals surface area contributed by atoms with Gasteiger partial charge in [0.15, 0.2) is 5.13 Å². The maximum absolute atomic E-state index is 11.6. The number of benzene rings is 1. The molecule has 1 aromatic heterocycles. The van der Waals surface area contributed by atoms with Crippen LogP contribution in [0.3, 0.4) is 0 Å². The predicted octanol–water partition coefficient (Wildman–Crippen LogP) is 2.42. The van der Waals surface area contributed by atoms with E-state index in [4.69, 9.17) is 14.5 Å². The molecule has 1 aliphatic heterocycles. The lowest BCUT2D eigenvalue weighted by Crippen LogP contribution is -2.39. The van der Waals surface area contributed by atoms with E-state index in [2.05, 4.69) is 4.90 Å². The first-order chi connectivity index (χ1) is 12.3. The number of ether oxygens (including phenoxy) is 2. The Labute approximate surface area is 158 Å². The number of hydrogen-bond donors (Lipinski definition) is 0. The molecular formula is C17H25N3O4S2. The summed E-state index contributed by atoms with van der Waals surface area (Å²) in [7, 11) is 1.83. The Kier molecular flexibility index (Phi) is 5.59. The van der Waals surface area contributed by atoms with E-state index in [0.717, 1.165) is 52.8 Å². The van der Waals surface area contributed by atoms with Crippen LogP contribution in [-0.4, -0.2) is 64.9 Å². The van der Waals surface area contributed by atoms with Gasteiger partial charge in [-0.1, -0.05) is 11.3 Å². The third-order valence-corrected chi connectivity index (χ3v) is 7.28. The molecule has 0 bridgehead atoms. The van der Waals surface area contributed by atoms with E-state index in [-0.39, 0.29) is 0 Å². The summed E-state index contributed by atoms with van der Waals surface area (Å²) in [5.74, 6) is 1.92. The lowest BCUT2D eigenvalue weighted by molar-refractivity contribution is 0.329. The third kappa shape index (κ3) is 3.89. The number of aromatic nitrogens is 1. The molecule has 144 valence electrons. The van der Waals surface area contributed by atoms with Gasteiger partial charge in [0.2, 0.25) is 10.0 Å². The van der Waals surface area contributed by atoms with Gasteiger partial charge >= 0.3 is 0 Å². The highest BCUT2D eigenvalue weighted by atomic mass is 32.2. The molecule has 1 fully saturated rings. The van der Waals surface area contributed by atoms with Crippen molar-refractivity contribution in [2.24, 2.45) is 5.92 Å². The number of sulfonamides is 1. The zero-order valence-electron chi connectivity index (χ0n) is 15.6. The van der Waals surface area contributed by atoms with Gasteiger partial charge in [-0.3, -0.25) is 0 Å². The molecule has 2 aromatic rings. The molecule has 0 atom stereocenters. The van der Waals surface area contributed by atoms with Crippen LogP contribution in [0.25, 0.3) is 10.2 Å². The largest absolute Gasteiger partial charge is 0.495 e. The molecule has 26 heavy (non-hydrogen) atoms. The van der Waals surface area contributed by atoms with E-state index in [1.54, 1.807) is 32.6 Å². The summed E-state index contributed by atoms with van der Waals surface area (Å²) in [6.45, 7) is 2.31. The Hall–Kier alpha value is -1.58. The SMILES string of the molecule is COc1ccc(OC)c2sc(N3CCC(CN(C)S(C)(=O)=O)CC3)nc12. The minimum atomic E-state index is -3.12. The van der Waals surface area contributed by atoms with E-state index >= 15 is 0 Å². The monoisotopic (exact) mass is 399 g/mol. The van der Waals surface area contributed by atoms with Crippen molar-refractivity contribution in [2.75, 3.05) is 52.1 Å². The summed E-state index contributed by atoms with van der Waals surface area (Å²) in [5, 5.41) is 0.956. The average molecular weight is 400 g/mol. The Morgan fingerprint density at radius 2 is 1.85 bits per heavy atom. The van der Waals surface area contributed by atoms with Crippen LogP contribution in [0.2, 0.25) is 0 Å². The van der Waals surface area contributed by atoms with E-state index in [0.29, 0.717) is 12.5 Å². The molecule has 7 nitrogen and oxygen atoms in total. The fourth-order valence-corrected chi connectivity index (χ4v) is 4.82. The maximum atomic E-state index is 11.6. The van der Waals surface area contributed by atoms with E-state index in [1.165, 1.54) is 10.6 Å². The molecular weight excluding hydrogens is 374 g/mol. The number of thiazole rings is 1. The average Bonchev–Trinajstić information content (AvgIpc) is 3.06. The van der Waals surface area contributed by atoms with Crippen LogP contribution in [0, 0.1) is 5.92 Å². The normalized spacial score (nSPS) is 16.4. The van der Waals surface area contributed by atoms with E-state index in [1.807, 2.05) is 12.1 Å². The van der Waals surface area contributed by atoms with Crippen LogP contribution in [0.1, 0.15) is 12.8 Å². The smallest absolute Gasteiger partial charge is 0.210 e. The second-order valence-corrected chi connectivity index (χ2v) is 9.69. The summed E-state index contributed by atoms with van der Waals surface area (Å²) >= 11 is 1.61. The molecule has 0 unspecified atom stereocenters. The summed E-state index contributed by atoms with van der Waals surface area (Å²) in [4.78, 5) is 7.04. The number of hydrogen-bond acceptors (Lipinski definition) is 7. The number of nitrogens with zero attached hydrogens (tertiary/aromatic N) is 3. The number of fused-ring (bicyclic) bond motifs is 1. The quantitative estimate of drug-likeness (QED) is 0.743. The Bertz CT molecular complexity index is 833. The molecule has 0 aliphatic carbocycles. The molecule has 0 spiro atoms. The van der Waals surface area contributed by atoms with Crippen LogP contribution < -0.4 is 14.4 Å².